The summed E-state index contributed by atoms with van der Waals surface area (Å²) in [6.45, 7) is 0.752. The van der Waals surface area contributed by atoms with Crippen molar-refractivity contribution in [3.8, 4) is 5.95 Å². The van der Waals surface area contributed by atoms with Crippen molar-refractivity contribution in [1.82, 2.24) is 19.3 Å². The number of halogens is 1. The molecule has 29 heavy (non-hydrogen) atoms. The van der Waals surface area contributed by atoms with Gasteiger partial charge >= 0.3 is 0 Å². The molecule has 8 heteroatoms. The molecule has 0 radical (unpaired) electrons. The van der Waals surface area contributed by atoms with Gasteiger partial charge in [-0.15, -0.1) is 0 Å². The summed E-state index contributed by atoms with van der Waals surface area (Å²) in [5.41, 5.74) is 2.71. The van der Waals surface area contributed by atoms with Crippen molar-refractivity contribution >= 4 is 28.3 Å². The lowest BCUT2D eigenvalue weighted by Crippen LogP contribution is -2.31. The molecule has 0 spiro atoms. The zero-order chi connectivity index (χ0) is 20.4. The van der Waals surface area contributed by atoms with Gasteiger partial charge in [0, 0.05) is 20.1 Å². The molecule has 4 rings (SSSR count). The number of rotatable bonds is 6. The highest BCUT2D eigenvalue weighted by molar-refractivity contribution is 6.33. The van der Waals surface area contributed by atoms with Gasteiger partial charge in [0.15, 0.2) is 0 Å². The van der Waals surface area contributed by atoms with Gasteiger partial charge in [0.25, 0.3) is 5.56 Å². The van der Waals surface area contributed by atoms with Gasteiger partial charge in [0.1, 0.15) is 5.02 Å². The predicted octanol–water partition coefficient (Wildman–Crippen LogP) is 2.77. The Morgan fingerprint density at radius 3 is 2.55 bits per heavy atom. The van der Waals surface area contributed by atoms with Crippen LogP contribution in [0.5, 0.6) is 0 Å². The van der Waals surface area contributed by atoms with E-state index in [1.54, 1.807) is 10.8 Å². The maximum Gasteiger partial charge on any atom is 0.295 e. The summed E-state index contributed by atoms with van der Waals surface area (Å²) in [6, 6.07) is 17.4. The smallest absolute Gasteiger partial charge is 0.295 e. The standard InChI is InChI=1S/C21H20ClN5O2/c1-25-17-10-6-5-9-16(17)24-21(25)27-20(29)19(22)18(13-23-27)26(11-12-28)14-15-7-3-2-4-8-15/h2-10,13,28H,11-12,14H2,1H3. The lowest BCUT2D eigenvalue weighted by atomic mass is 10.2. The van der Waals surface area contributed by atoms with Crippen LogP contribution in [0, 0.1) is 0 Å². The first-order valence-corrected chi connectivity index (χ1v) is 9.57. The molecule has 7 nitrogen and oxygen atoms in total. The Balaban J connectivity index is 1.76. The largest absolute Gasteiger partial charge is 0.395 e. The number of para-hydroxylation sites is 2. The molecule has 0 saturated carbocycles. The van der Waals surface area contributed by atoms with Crippen LogP contribution in [0.2, 0.25) is 5.02 Å². The number of anilines is 1. The van der Waals surface area contributed by atoms with Crippen LogP contribution in [0.3, 0.4) is 0 Å². The summed E-state index contributed by atoms with van der Waals surface area (Å²) < 4.78 is 3.00. The molecule has 0 aliphatic carbocycles. The number of benzene rings is 2. The third-order valence-electron chi connectivity index (χ3n) is 4.78. The second kappa shape index (κ2) is 8.06. The van der Waals surface area contributed by atoms with Gasteiger partial charge in [-0.1, -0.05) is 54.1 Å². The van der Waals surface area contributed by atoms with Gasteiger partial charge in [-0.05, 0) is 17.7 Å². The average molecular weight is 410 g/mol. The van der Waals surface area contributed by atoms with E-state index in [2.05, 4.69) is 10.1 Å². The van der Waals surface area contributed by atoms with E-state index in [0.717, 1.165) is 16.6 Å². The number of aliphatic hydroxyl groups is 1. The van der Waals surface area contributed by atoms with Crippen LogP contribution in [0.1, 0.15) is 5.56 Å². The molecule has 0 saturated heterocycles. The fraction of sp³-hybridized carbons (Fsp3) is 0.190. The summed E-state index contributed by atoms with van der Waals surface area (Å²) in [5, 5.41) is 13.8. The molecule has 0 unspecified atom stereocenters. The van der Waals surface area contributed by atoms with Crippen LogP contribution in [0.15, 0.2) is 65.6 Å². The van der Waals surface area contributed by atoms with Gasteiger partial charge in [0.05, 0.1) is 29.5 Å². The van der Waals surface area contributed by atoms with Crippen LogP contribution >= 0.6 is 11.6 Å². The molecule has 0 aliphatic heterocycles. The van der Waals surface area contributed by atoms with Crippen LogP contribution < -0.4 is 10.5 Å². The Morgan fingerprint density at radius 2 is 1.83 bits per heavy atom. The summed E-state index contributed by atoms with van der Waals surface area (Å²) >= 11 is 6.46. The molecule has 0 atom stereocenters. The van der Waals surface area contributed by atoms with Crippen LogP contribution in [0.4, 0.5) is 5.69 Å². The van der Waals surface area contributed by atoms with E-state index in [1.165, 1.54) is 4.68 Å². The van der Waals surface area contributed by atoms with Gasteiger partial charge in [-0.2, -0.15) is 9.78 Å². The van der Waals surface area contributed by atoms with Crippen LogP contribution in [-0.2, 0) is 13.6 Å². The van der Waals surface area contributed by atoms with Crippen molar-refractivity contribution in [2.75, 3.05) is 18.1 Å². The highest BCUT2D eigenvalue weighted by atomic mass is 35.5. The molecular formula is C21H20ClN5O2. The molecule has 0 fully saturated rings. The maximum atomic E-state index is 13.0. The van der Waals surface area contributed by atoms with Crippen molar-refractivity contribution in [2.24, 2.45) is 7.05 Å². The first-order chi connectivity index (χ1) is 14.1. The van der Waals surface area contributed by atoms with Crippen molar-refractivity contribution in [3.63, 3.8) is 0 Å². The second-order valence-corrected chi connectivity index (χ2v) is 7.03. The summed E-state index contributed by atoms with van der Waals surface area (Å²) in [5.74, 6) is 0.390. The third kappa shape index (κ3) is 3.62. The van der Waals surface area contributed by atoms with E-state index in [0.29, 0.717) is 24.7 Å². The van der Waals surface area contributed by atoms with Crippen molar-refractivity contribution in [1.29, 1.82) is 0 Å². The molecule has 4 aromatic rings. The molecule has 2 aromatic carbocycles. The lowest BCUT2D eigenvalue weighted by Gasteiger charge is -2.24. The van der Waals surface area contributed by atoms with Crippen LogP contribution in [-0.4, -0.2) is 37.6 Å². The minimum Gasteiger partial charge on any atom is -0.395 e. The quantitative estimate of drug-likeness (QED) is 0.530. The Kier molecular flexibility index (Phi) is 5.33. The zero-order valence-corrected chi connectivity index (χ0v) is 16.6. The molecule has 0 bridgehead atoms. The first-order valence-electron chi connectivity index (χ1n) is 9.19. The number of nitrogens with zero attached hydrogens (tertiary/aromatic N) is 5. The molecule has 0 aliphatic rings. The molecule has 2 heterocycles. The molecule has 1 N–H and O–H groups in total. The predicted molar refractivity (Wildman–Crippen MR) is 114 cm³/mol. The first kappa shape index (κ1) is 19.2. The van der Waals surface area contributed by atoms with E-state index in [4.69, 9.17) is 11.6 Å². The van der Waals surface area contributed by atoms with Crippen molar-refractivity contribution < 1.29 is 5.11 Å². The topological polar surface area (TPSA) is 76.2 Å². The SMILES string of the molecule is Cn1c(-n2ncc(N(CCO)Cc3ccccc3)c(Cl)c2=O)nc2ccccc21. The number of aryl methyl sites for hydroxylation is 1. The minimum atomic E-state index is -0.460. The van der Waals surface area contributed by atoms with E-state index in [1.807, 2.05) is 66.5 Å². The number of hydrogen-bond donors (Lipinski definition) is 1. The highest BCUT2D eigenvalue weighted by Crippen LogP contribution is 2.24. The fourth-order valence-electron chi connectivity index (χ4n) is 3.32. The highest BCUT2D eigenvalue weighted by Gasteiger charge is 2.19. The Labute approximate surface area is 172 Å². The van der Waals surface area contributed by atoms with E-state index in [9.17, 15) is 9.90 Å². The van der Waals surface area contributed by atoms with E-state index < -0.39 is 5.56 Å². The Hall–Kier alpha value is -3.16. The van der Waals surface area contributed by atoms with Gasteiger partial charge < -0.3 is 14.6 Å². The number of aliphatic hydroxyl groups excluding tert-OH is 1. The molecular weight excluding hydrogens is 390 g/mol. The summed E-state index contributed by atoms with van der Waals surface area (Å²) in [7, 11) is 1.83. The van der Waals surface area contributed by atoms with E-state index in [-0.39, 0.29) is 11.6 Å². The van der Waals surface area contributed by atoms with Gasteiger partial charge in [-0.25, -0.2) is 4.98 Å². The van der Waals surface area contributed by atoms with Crippen LogP contribution in [0.25, 0.3) is 17.0 Å². The third-order valence-corrected chi connectivity index (χ3v) is 5.14. The molecule has 2 aromatic heterocycles. The number of aromatic nitrogens is 4. The maximum absolute atomic E-state index is 13.0. The number of fused-ring (bicyclic) bond motifs is 1. The van der Waals surface area contributed by atoms with Crippen molar-refractivity contribution in [3.05, 3.63) is 81.7 Å². The van der Waals surface area contributed by atoms with Gasteiger partial charge in [0.2, 0.25) is 5.95 Å². The Bertz CT molecular complexity index is 1200. The fourth-order valence-corrected chi connectivity index (χ4v) is 3.57. The molecule has 0 amide bonds. The Morgan fingerprint density at radius 1 is 1.10 bits per heavy atom. The monoisotopic (exact) mass is 409 g/mol. The summed E-state index contributed by atoms with van der Waals surface area (Å²) in [4.78, 5) is 19.4. The second-order valence-electron chi connectivity index (χ2n) is 6.65. The van der Waals surface area contributed by atoms with Gasteiger partial charge in [-0.3, -0.25) is 4.79 Å². The average Bonchev–Trinajstić information content (AvgIpc) is 3.07. The summed E-state index contributed by atoms with van der Waals surface area (Å²) in [6.07, 6.45) is 1.54. The lowest BCUT2D eigenvalue weighted by molar-refractivity contribution is 0.301. The number of hydrogen-bond acceptors (Lipinski definition) is 5. The normalized spacial score (nSPS) is 11.1. The van der Waals surface area contributed by atoms with Crippen molar-refractivity contribution in [2.45, 2.75) is 6.54 Å². The number of imidazole rings is 1. The minimum absolute atomic E-state index is 0.0384. The zero-order valence-electron chi connectivity index (χ0n) is 15.9. The van der Waals surface area contributed by atoms with E-state index >= 15 is 0 Å². The molecule has 148 valence electrons.